The molecule has 1 saturated heterocycles. The molecule has 5 nitrogen and oxygen atoms in total. The highest BCUT2D eigenvalue weighted by Gasteiger charge is 2.39. The van der Waals surface area contributed by atoms with Crippen LogP contribution in [0.25, 0.3) is 0 Å². The number of imide groups is 1. The SMILES string of the molecule is Cc1cc(C)n(C[C@H]2CC(=O)N(c3ccc(I)cc3)C2=O)n1. The second-order valence-electron chi connectivity index (χ2n) is 5.55. The fraction of sp³-hybridized carbons (Fsp3) is 0.312. The summed E-state index contributed by atoms with van der Waals surface area (Å²) in [6, 6.07) is 9.38. The number of aromatic nitrogens is 2. The number of hydrogen-bond donors (Lipinski definition) is 0. The maximum atomic E-state index is 12.6. The Kier molecular flexibility index (Phi) is 4.03. The summed E-state index contributed by atoms with van der Waals surface area (Å²) in [4.78, 5) is 26.1. The molecule has 1 aliphatic heterocycles. The molecule has 0 aliphatic carbocycles. The van der Waals surface area contributed by atoms with Crippen molar-refractivity contribution >= 4 is 40.1 Å². The van der Waals surface area contributed by atoms with Crippen molar-refractivity contribution in [1.82, 2.24) is 9.78 Å². The minimum atomic E-state index is -0.343. The number of amides is 2. The van der Waals surface area contributed by atoms with Crippen LogP contribution in [0.3, 0.4) is 0 Å². The van der Waals surface area contributed by atoms with Crippen LogP contribution in [-0.2, 0) is 16.1 Å². The van der Waals surface area contributed by atoms with Crippen molar-refractivity contribution in [2.45, 2.75) is 26.8 Å². The topological polar surface area (TPSA) is 55.2 Å². The molecule has 6 heteroatoms. The molecule has 0 unspecified atom stereocenters. The molecule has 2 heterocycles. The van der Waals surface area contributed by atoms with E-state index in [4.69, 9.17) is 0 Å². The van der Waals surface area contributed by atoms with Crippen LogP contribution >= 0.6 is 22.6 Å². The summed E-state index contributed by atoms with van der Waals surface area (Å²) in [7, 11) is 0. The maximum absolute atomic E-state index is 12.6. The molecule has 0 saturated carbocycles. The third kappa shape index (κ3) is 2.79. The van der Waals surface area contributed by atoms with E-state index in [1.165, 1.54) is 4.90 Å². The zero-order valence-corrected chi connectivity index (χ0v) is 14.6. The van der Waals surface area contributed by atoms with Crippen molar-refractivity contribution in [3.8, 4) is 0 Å². The molecule has 1 aromatic heterocycles. The van der Waals surface area contributed by atoms with E-state index in [1.54, 1.807) is 0 Å². The summed E-state index contributed by atoms with van der Waals surface area (Å²) in [5, 5.41) is 4.38. The Morgan fingerprint density at radius 1 is 1.23 bits per heavy atom. The van der Waals surface area contributed by atoms with Gasteiger partial charge in [0.1, 0.15) is 0 Å². The number of hydrogen-bond acceptors (Lipinski definition) is 3. The molecule has 1 atom stereocenters. The van der Waals surface area contributed by atoms with Gasteiger partial charge in [-0.05, 0) is 66.8 Å². The Balaban J connectivity index is 1.82. The van der Waals surface area contributed by atoms with Gasteiger partial charge in [-0.25, -0.2) is 0 Å². The zero-order chi connectivity index (χ0) is 15.9. The minimum absolute atomic E-state index is 0.140. The first-order valence-electron chi connectivity index (χ1n) is 7.09. The Morgan fingerprint density at radius 2 is 1.91 bits per heavy atom. The number of aryl methyl sites for hydroxylation is 2. The fourth-order valence-corrected chi connectivity index (χ4v) is 3.13. The van der Waals surface area contributed by atoms with Gasteiger partial charge < -0.3 is 0 Å². The summed E-state index contributed by atoms with van der Waals surface area (Å²) in [6.07, 6.45) is 0.239. The Bertz CT molecular complexity index is 736. The highest BCUT2D eigenvalue weighted by Crippen LogP contribution is 2.28. The number of nitrogens with zero attached hydrogens (tertiary/aromatic N) is 3. The first-order valence-corrected chi connectivity index (χ1v) is 8.17. The second-order valence-corrected chi connectivity index (χ2v) is 6.80. The molecular weight excluding hydrogens is 393 g/mol. The molecule has 114 valence electrons. The molecule has 1 fully saturated rings. The lowest BCUT2D eigenvalue weighted by Gasteiger charge is -2.15. The van der Waals surface area contributed by atoms with Gasteiger partial charge in [0.15, 0.2) is 0 Å². The van der Waals surface area contributed by atoms with Crippen LogP contribution in [0.4, 0.5) is 5.69 Å². The number of rotatable bonds is 3. The number of carbonyl (C=O) groups is 2. The van der Waals surface area contributed by atoms with Crippen LogP contribution in [0.5, 0.6) is 0 Å². The molecule has 2 aromatic rings. The van der Waals surface area contributed by atoms with Crippen molar-refractivity contribution in [2.24, 2.45) is 5.92 Å². The third-order valence-electron chi connectivity index (χ3n) is 3.82. The van der Waals surface area contributed by atoms with Crippen LogP contribution in [0.15, 0.2) is 30.3 Å². The Morgan fingerprint density at radius 3 is 2.50 bits per heavy atom. The second kappa shape index (κ2) is 5.83. The van der Waals surface area contributed by atoms with E-state index in [-0.39, 0.29) is 24.2 Å². The van der Waals surface area contributed by atoms with Crippen LogP contribution in [0, 0.1) is 23.3 Å². The van der Waals surface area contributed by atoms with Crippen molar-refractivity contribution in [2.75, 3.05) is 4.90 Å². The fourth-order valence-electron chi connectivity index (χ4n) is 2.77. The standard InChI is InChI=1S/C16H16IN3O2/c1-10-7-11(2)19(18-10)9-12-8-15(21)20(16(12)22)14-5-3-13(17)4-6-14/h3-7,12H,8-9H2,1-2H3/t12-/m1/s1. The number of benzene rings is 1. The molecular formula is C16H16IN3O2. The monoisotopic (exact) mass is 409 g/mol. The zero-order valence-electron chi connectivity index (χ0n) is 12.4. The van der Waals surface area contributed by atoms with E-state index in [2.05, 4.69) is 27.7 Å². The molecule has 0 bridgehead atoms. The molecule has 0 radical (unpaired) electrons. The lowest BCUT2D eigenvalue weighted by molar-refractivity contribution is -0.122. The van der Waals surface area contributed by atoms with E-state index >= 15 is 0 Å². The summed E-state index contributed by atoms with van der Waals surface area (Å²) < 4.78 is 2.88. The van der Waals surface area contributed by atoms with Gasteiger partial charge >= 0.3 is 0 Å². The predicted octanol–water partition coefficient (Wildman–Crippen LogP) is 2.68. The predicted molar refractivity (Wildman–Crippen MR) is 91.5 cm³/mol. The first-order chi connectivity index (χ1) is 10.5. The van der Waals surface area contributed by atoms with Crippen LogP contribution < -0.4 is 4.90 Å². The van der Waals surface area contributed by atoms with Crippen molar-refractivity contribution in [3.63, 3.8) is 0 Å². The summed E-state index contributed by atoms with van der Waals surface area (Å²) in [5.41, 5.74) is 2.57. The van der Waals surface area contributed by atoms with Gasteiger partial charge in [0.2, 0.25) is 11.8 Å². The average Bonchev–Trinajstić information content (AvgIpc) is 2.92. The quantitative estimate of drug-likeness (QED) is 0.579. The lowest BCUT2D eigenvalue weighted by Crippen LogP contribution is -2.31. The van der Waals surface area contributed by atoms with Crippen LogP contribution in [0.1, 0.15) is 17.8 Å². The summed E-state index contributed by atoms with van der Waals surface area (Å²) in [6.45, 7) is 4.33. The van der Waals surface area contributed by atoms with Crippen molar-refractivity contribution in [1.29, 1.82) is 0 Å². The van der Waals surface area contributed by atoms with Crippen molar-refractivity contribution < 1.29 is 9.59 Å². The molecule has 22 heavy (non-hydrogen) atoms. The number of anilines is 1. The van der Waals surface area contributed by atoms with Crippen LogP contribution in [-0.4, -0.2) is 21.6 Å². The average molecular weight is 409 g/mol. The van der Waals surface area contributed by atoms with Crippen molar-refractivity contribution in [3.05, 3.63) is 45.3 Å². The molecule has 0 spiro atoms. The largest absolute Gasteiger partial charge is 0.274 e. The molecule has 0 N–H and O–H groups in total. The molecule has 1 aliphatic rings. The van der Waals surface area contributed by atoms with Gasteiger partial charge in [-0.1, -0.05) is 0 Å². The molecule has 3 rings (SSSR count). The first kappa shape index (κ1) is 15.2. The van der Waals surface area contributed by atoms with Crippen LogP contribution in [0.2, 0.25) is 0 Å². The number of carbonyl (C=O) groups excluding carboxylic acids is 2. The summed E-state index contributed by atoms with van der Waals surface area (Å²) in [5.74, 6) is -0.624. The van der Waals surface area contributed by atoms with Gasteiger partial charge in [0, 0.05) is 15.7 Å². The minimum Gasteiger partial charge on any atom is -0.274 e. The molecule has 2 amide bonds. The highest BCUT2D eigenvalue weighted by molar-refractivity contribution is 14.1. The van der Waals surface area contributed by atoms with Gasteiger partial charge in [-0.3, -0.25) is 19.2 Å². The van der Waals surface area contributed by atoms with Gasteiger partial charge in [0.25, 0.3) is 0 Å². The highest BCUT2D eigenvalue weighted by atomic mass is 127. The van der Waals surface area contributed by atoms with E-state index in [1.807, 2.05) is 48.9 Å². The van der Waals surface area contributed by atoms with E-state index < -0.39 is 0 Å². The Hall–Kier alpha value is -1.70. The Labute approximate surface area is 142 Å². The van der Waals surface area contributed by atoms with Gasteiger partial charge in [0.05, 0.1) is 23.8 Å². The summed E-state index contributed by atoms with van der Waals surface area (Å²) >= 11 is 2.20. The van der Waals surface area contributed by atoms with E-state index in [0.717, 1.165) is 15.0 Å². The molecule has 1 aromatic carbocycles. The maximum Gasteiger partial charge on any atom is 0.239 e. The van der Waals surface area contributed by atoms with Gasteiger partial charge in [-0.2, -0.15) is 5.10 Å². The smallest absolute Gasteiger partial charge is 0.239 e. The number of halogens is 1. The third-order valence-corrected chi connectivity index (χ3v) is 4.54. The normalized spacial score (nSPS) is 18.3. The van der Waals surface area contributed by atoms with Gasteiger partial charge in [-0.15, -0.1) is 0 Å². The lowest BCUT2D eigenvalue weighted by atomic mass is 10.1. The van der Waals surface area contributed by atoms with E-state index in [0.29, 0.717) is 12.2 Å². The van der Waals surface area contributed by atoms with E-state index in [9.17, 15) is 9.59 Å².